The highest BCUT2D eigenvalue weighted by molar-refractivity contribution is 9.09. The molecule has 2 heteroatoms. The summed E-state index contributed by atoms with van der Waals surface area (Å²) in [7, 11) is 0. The van der Waals surface area contributed by atoms with Gasteiger partial charge in [0.15, 0.2) is 0 Å². The molecule has 0 aliphatic carbocycles. The van der Waals surface area contributed by atoms with Crippen LogP contribution in [-0.4, -0.2) is 16.5 Å². The first kappa shape index (κ1) is 12.4. The van der Waals surface area contributed by atoms with Gasteiger partial charge in [-0.1, -0.05) is 55.0 Å². The molecule has 1 N–H and O–H groups in total. The van der Waals surface area contributed by atoms with Crippen molar-refractivity contribution in [2.45, 2.75) is 56.7 Å². The lowest BCUT2D eigenvalue weighted by Crippen LogP contribution is -2.00. The van der Waals surface area contributed by atoms with E-state index in [1.165, 1.54) is 38.5 Å². The lowest BCUT2D eigenvalue weighted by molar-refractivity contribution is 0.285. The third-order valence-corrected chi connectivity index (χ3v) is 2.98. The molecule has 0 aromatic heterocycles. The van der Waals surface area contributed by atoms with Crippen LogP contribution in [0.2, 0.25) is 0 Å². The van der Waals surface area contributed by atoms with Gasteiger partial charge in [-0.3, -0.25) is 0 Å². The molecule has 0 bridgehead atoms. The number of rotatable bonds is 8. The SMILES string of the molecule is CCCCCCCC(Br)CCO. The first-order valence-corrected chi connectivity index (χ1v) is 5.97. The summed E-state index contributed by atoms with van der Waals surface area (Å²) in [5, 5.41) is 8.65. The molecule has 0 saturated heterocycles. The largest absolute Gasteiger partial charge is 0.396 e. The number of aliphatic hydroxyl groups is 1. The van der Waals surface area contributed by atoms with Gasteiger partial charge in [-0.2, -0.15) is 0 Å². The third kappa shape index (κ3) is 8.54. The molecular weight excluding hydrogens is 216 g/mol. The van der Waals surface area contributed by atoms with Crippen molar-refractivity contribution in [1.29, 1.82) is 0 Å². The molecule has 0 aliphatic rings. The van der Waals surface area contributed by atoms with Gasteiger partial charge in [0.2, 0.25) is 0 Å². The van der Waals surface area contributed by atoms with Crippen molar-refractivity contribution in [2.24, 2.45) is 0 Å². The molecule has 74 valence electrons. The van der Waals surface area contributed by atoms with Crippen LogP contribution in [-0.2, 0) is 0 Å². The van der Waals surface area contributed by atoms with Gasteiger partial charge in [0.05, 0.1) is 0 Å². The second-order valence-electron chi connectivity index (χ2n) is 3.31. The standard InChI is InChI=1S/C10H21BrO/c1-2-3-4-5-6-7-10(11)8-9-12/h10,12H,2-9H2,1H3. The third-order valence-electron chi connectivity index (χ3n) is 2.06. The Balaban J connectivity index is 2.97. The van der Waals surface area contributed by atoms with Crippen LogP contribution >= 0.6 is 15.9 Å². The number of alkyl halides is 1. The van der Waals surface area contributed by atoms with Crippen molar-refractivity contribution in [1.82, 2.24) is 0 Å². The Hall–Kier alpha value is 0.440. The van der Waals surface area contributed by atoms with Gasteiger partial charge in [-0.05, 0) is 12.8 Å². The minimum Gasteiger partial charge on any atom is -0.396 e. The number of hydrogen-bond acceptors (Lipinski definition) is 1. The van der Waals surface area contributed by atoms with Crippen LogP contribution in [0.1, 0.15) is 51.9 Å². The maximum atomic E-state index is 8.65. The predicted molar refractivity (Wildman–Crippen MR) is 57.8 cm³/mol. The van der Waals surface area contributed by atoms with Crippen LogP contribution in [0.5, 0.6) is 0 Å². The Morgan fingerprint density at radius 2 is 1.75 bits per heavy atom. The fourth-order valence-corrected chi connectivity index (χ4v) is 1.78. The maximum Gasteiger partial charge on any atom is 0.0441 e. The van der Waals surface area contributed by atoms with E-state index in [1.54, 1.807) is 0 Å². The molecule has 0 spiro atoms. The van der Waals surface area contributed by atoms with E-state index in [4.69, 9.17) is 5.11 Å². The summed E-state index contributed by atoms with van der Waals surface area (Å²) in [5.74, 6) is 0. The van der Waals surface area contributed by atoms with Crippen molar-refractivity contribution in [3.63, 3.8) is 0 Å². The summed E-state index contributed by atoms with van der Waals surface area (Å²) < 4.78 is 0. The molecule has 0 heterocycles. The fraction of sp³-hybridized carbons (Fsp3) is 1.00. The maximum absolute atomic E-state index is 8.65. The van der Waals surface area contributed by atoms with E-state index in [0.29, 0.717) is 11.4 Å². The minimum atomic E-state index is 0.310. The summed E-state index contributed by atoms with van der Waals surface area (Å²) >= 11 is 3.55. The quantitative estimate of drug-likeness (QED) is 0.506. The molecule has 0 radical (unpaired) electrons. The summed E-state index contributed by atoms with van der Waals surface area (Å²) in [6.45, 7) is 2.55. The molecule has 12 heavy (non-hydrogen) atoms. The van der Waals surface area contributed by atoms with Crippen LogP contribution in [0, 0.1) is 0 Å². The van der Waals surface area contributed by atoms with Crippen molar-refractivity contribution in [3.8, 4) is 0 Å². The van der Waals surface area contributed by atoms with Crippen molar-refractivity contribution in [2.75, 3.05) is 6.61 Å². The van der Waals surface area contributed by atoms with E-state index in [-0.39, 0.29) is 0 Å². The zero-order valence-electron chi connectivity index (χ0n) is 8.06. The van der Waals surface area contributed by atoms with Crippen LogP contribution in [0.15, 0.2) is 0 Å². The lowest BCUT2D eigenvalue weighted by atomic mass is 10.1. The van der Waals surface area contributed by atoms with Gasteiger partial charge >= 0.3 is 0 Å². The van der Waals surface area contributed by atoms with Gasteiger partial charge in [-0.15, -0.1) is 0 Å². The molecule has 0 aliphatic heterocycles. The fourth-order valence-electron chi connectivity index (χ4n) is 1.25. The van der Waals surface area contributed by atoms with Gasteiger partial charge in [-0.25, -0.2) is 0 Å². The lowest BCUT2D eigenvalue weighted by Gasteiger charge is -2.06. The predicted octanol–water partition coefficient (Wildman–Crippen LogP) is 3.49. The molecular formula is C10H21BrO. The normalized spacial score (nSPS) is 13.2. The minimum absolute atomic E-state index is 0.310. The van der Waals surface area contributed by atoms with Crippen LogP contribution in [0.4, 0.5) is 0 Å². The van der Waals surface area contributed by atoms with E-state index < -0.39 is 0 Å². The summed E-state index contributed by atoms with van der Waals surface area (Å²) in [6, 6.07) is 0. The molecule has 1 nitrogen and oxygen atoms in total. The number of unbranched alkanes of at least 4 members (excludes halogenated alkanes) is 4. The first-order valence-electron chi connectivity index (χ1n) is 5.06. The van der Waals surface area contributed by atoms with Gasteiger partial charge in [0, 0.05) is 11.4 Å². The van der Waals surface area contributed by atoms with Crippen molar-refractivity contribution in [3.05, 3.63) is 0 Å². The Kier molecular flexibility index (Phi) is 9.88. The highest BCUT2D eigenvalue weighted by Crippen LogP contribution is 2.14. The van der Waals surface area contributed by atoms with E-state index in [2.05, 4.69) is 22.9 Å². The Morgan fingerprint density at radius 3 is 2.33 bits per heavy atom. The average molecular weight is 237 g/mol. The zero-order chi connectivity index (χ0) is 9.23. The zero-order valence-corrected chi connectivity index (χ0v) is 9.65. The second kappa shape index (κ2) is 9.53. The average Bonchev–Trinajstić information content (AvgIpc) is 2.05. The summed E-state index contributed by atoms with van der Waals surface area (Å²) in [6.07, 6.45) is 8.81. The Bertz CT molecular complexity index is 85.9. The highest BCUT2D eigenvalue weighted by Gasteiger charge is 2.01. The van der Waals surface area contributed by atoms with Crippen molar-refractivity contribution < 1.29 is 5.11 Å². The summed E-state index contributed by atoms with van der Waals surface area (Å²) in [4.78, 5) is 0.532. The van der Waals surface area contributed by atoms with E-state index in [0.717, 1.165) is 6.42 Å². The highest BCUT2D eigenvalue weighted by atomic mass is 79.9. The molecule has 0 saturated carbocycles. The topological polar surface area (TPSA) is 20.2 Å². The molecule has 0 amide bonds. The molecule has 0 fully saturated rings. The van der Waals surface area contributed by atoms with Crippen LogP contribution in [0.3, 0.4) is 0 Å². The molecule has 0 aromatic carbocycles. The Morgan fingerprint density at radius 1 is 1.08 bits per heavy atom. The number of halogens is 1. The first-order chi connectivity index (χ1) is 5.81. The van der Waals surface area contributed by atoms with Crippen LogP contribution < -0.4 is 0 Å². The van der Waals surface area contributed by atoms with E-state index >= 15 is 0 Å². The van der Waals surface area contributed by atoms with Gasteiger partial charge < -0.3 is 5.11 Å². The number of hydrogen-bond donors (Lipinski definition) is 1. The smallest absolute Gasteiger partial charge is 0.0441 e. The van der Waals surface area contributed by atoms with Crippen molar-refractivity contribution >= 4 is 15.9 Å². The van der Waals surface area contributed by atoms with E-state index in [9.17, 15) is 0 Å². The second-order valence-corrected chi connectivity index (χ2v) is 4.61. The number of aliphatic hydroxyl groups excluding tert-OH is 1. The molecule has 0 aromatic rings. The summed E-state index contributed by atoms with van der Waals surface area (Å²) in [5.41, 5.74) is 0. The van der Waals surface area contributed by atoms with Gasteiger partial charge in [0.25, 0.3) is 0 Å². The molecule has 1 unspecified atom stereocenters. The monoisotopic (exact) mass is 236 g/mol. The Labute approximate surface area is 84.7 Å². The van der Waals surface area contributed by atoms with Crippen LogP contribution in [0.25, 0.3) is 0 Å². The molecule has 1 atom stereocenters. The van der Waals surface area contributed by atoms with E-state index in [1.807, 2.05) is 0 Å². The molecule has 0 rings (SSSR count). The van der Waals surface area contributed by atoms with Gasteiger partial charge in [0.1, 0.15) is 0 Å².